The highest BCUT2D eigenvalue weighted by Gasteiger charge is 2.35. The van der Waals surface area contributed by atoms with Crippen molar-refractivity contribution >= 4 is 11.9 Å². The second-order valence-corrected chi connectivity index (χ2v) is 3.72. The van der Waals surface area contributed by atoms with Gasteiger partial charge in [0.05, 0.1) is 12.7 Å². The largest absolute Gasteiger partial charge is 0.502 e. The van der Waals surface area contributed by atoms with Gasteiger partial charge in [-0.1, -0.05) is 0 Å². The van der Waals surface area contributed by atoms with Gasteiger partial charge in [-0.05, 0) is 25.7 Å². The molecule has 0 saturated carbocycles. The summed E-state index contributed by atoms with van der Waals surface area (Å²) >= 11 is 0. The van der Waals surface area contributed by atoms with E-state index >= 15 is 0 Å². The zero-order valence-electron chi connectivity index (χ0n) is 8.91. The van der Waals surface area contributed by atoms with Gasteiger partial charge in [-0.25, -0.2) is 9.59 Å². The van der Waals surface area contributed by atoms with E-state index in [-0.39, 0.29) is 11.5 Å². The van der Waals surface area contributed by atoms with Crippen molar-refractivity contribution in [2.45, 2.75) is 25.7 Å². The van der Waals surface area contributed by atoms with Crippen LogP contribution >= 0.6 is 0 Å². The topological polar surface area (TPSA) is 72.8 Å². The van der Waals surface area contributed by atoms with E-state index in [4.69, 9.17) is 4.74 Å². The van der Waals surface area contributed by atoms with E-state index < -0.39 is 11.9 Å². The fourth-order valence-corrected chi connectivity index (χ4v) is 1.94. The summed E-state index contributed by atoms with van der Waals surface area (Å²) in [4.78, 5) is 22.7. The van der Waals surface area contributed by atoms with Crippen LogP contribution in [0.3, 0.4) is 0 Å². The second kappa shape index (κ2) is 4.00. The molecule has 0 fully saturated rings. The Bertz CT molecular complexity index is 416. The van der Waals surface area contributed by atoms with E-state index in [1.54, 1.807) is 0 Å². The minimum atomic E-state index is -0.784. The lowest BCUT2D eigenvalue weighted by Gasteiger charge is -2.06. The average Bonchev–Trinajstić information content (AvgIpc) is 2.48. The van der Waals surface area contributed by atoms with Crippen LogP contribution in [0.15, 0.2) is 22.7 Å². The Hall–Kier alpha value is -1.78. The highest BCUT2D eigenvalue weighted by atomic mass is 16.6. The zero-order valence-corrected chi connectivity index (χ0v) is 8.91. The molecule has 0 aromatic rings. The van der Waals surface area contributed by atoms with Crippen LogP contribution in [0.4, 0.5) is 0 Å². The van der Waals surface area contributed by atoms with Gasteiger partial charge < -0.3 is 14.6 Å². The number of hydrogen-bond acceptors (Lipinski definition) is 5. The third-order valence-corrected chi connectivity index (χ3v) is 2.76. The van der Waals surface area contributed by atoms with Crippen molar-refractivity contribution in [3.8, 4) is 0 Å². The van der Waals surface area contributed by atoms with Crippen LogP contribution in [-0.4, -0.2) is 24.2 Å². The van der Waals surface area contributed by atoms with Gasteiger partial charge >= 0.3 is 11.9 Å². The van der Waals surface area contributed by atoms with Gasteiger partial charge in [-0.2, -0.15) is 0 Å². The van der Waals surface area contributed by atoms with Crippen molar-refractivity contribution in [3.05, 3.63) is 22.7 Å². The van der Waals surface area contributed by atoms with Gasteiger partial charge in [-0.3, -0.25) is 0 Å². The van der Waals surface area contributed by atoms with Gasteiger partial charge in [0.2, 0.25) is 5.76 Å². The maximum atomic E-state index is 11.5. The van der Waals surface area contributed by atoms with E-state index in [1.165, 1.54) is 7.11 Å². The lowest BCUT2D eigenvalue weighted by Crippen LogP contribution is -2.08. The molecule has 5 heteroatoms. The molecular weight excluding hydrogens is 212 g/mol. The molecule has 1 heterocycles. The Morgan fingerprint density at radius 3 is 2.75 bits per heavy atom. The van der Waals surface area contributed by atoms with Crippen LogP contribution in [-0.2, 0) is 19.1 Å². The zero-order chi connectivity index (χ0) is 11.7. The van der Waals surface area contributed by atoms with E-state index in [0.29, 0.717) is 24.0 Å². The summed E-state index contributed by atoms with van der Waals surface area (Å²) in [7, 11) is 1.28. The van der Waals surface area contributed by atoms with Crippen LogP contribution in [0.1, 0.15) is 25.7 Å². The number of methoxy groups -OCH3 is 1. The van der Waals surface area contributed by atoms with Crippen LogP contribution in [0.5, 0.6) is 0 Å². The molecular formula is C11H12O5. The van der Waals surface area contributed by atoms with Crippen molar-refractivity contribution in [1.82, 2.24) is 0 Å². The molecule has 1 aliphatic heterocycles. The van der Waals surface area contributed by atoms with Crippen LogP contribution in [0, 0.1) is 0 Å². The Balaban J connectivity index is 2.49. The number of aliphatic hydroxyl groups is 1. The fourth-order valence-electron chi connectivity index (χ4n) is 1.94. The minimum Gasteiger partial charge on any atom is -0.502 e. The normalized spacial score (nSPS) is 20.4. The Morgan fingerprint density at radius 2 is 2.06 bits per heavy atom. The number of hydrogen-bond donors (Lipinski definition) is 1. The average molecular weight is 224 g/mol. The summed E-state index contributed by atoms with van der Waals surface area (Å²) < 4.78 is 9.54. The summed E-state index contributed by atoms with van der Waals surface area (Å²) in [5.41, 5.74) is 0.773. The Labute approximate surface area is 92.3 Å². The molecule has 2 rings (SSSR count). The predicted molar refractivity (Wildman–Crippen MR) is 53.3 cm³/mol. The van der Waals surface area contributed by atoms with Gasteiger partial charge in [-0.15, -0.1) is 0 Å². The predicted octanol–water partition coefficient (Wildman–Crippen LogP) is 1.36. The lowest BCUT2D eigenvalue weighted by molar-refractivity contribution is -0.137. The summed E-state index contributed by atoms with van der Waals surface area (Å²) in [5, 5.41) is 9.51. The van der Waals surface area contributed by atoms with Gasteiger partial charge in [0.1, 0.15) is 5.76 Å². The first-order valence-corrected chi connectivity index (χ1v) is 5.11. The highest BCUT2D eigenvalue weighted by Crippen LogP contribution is 2.36. The first-order valence-electron chi connectivity index (χ1n) is 5.11. The van der Waals surface area contributed by atoms with Crippen molar-refractivity contribution in [1.29, 1.82) is 0 Å². The Kier molecular flexibility index (Phi) is 2.68. The third kappa shape index (κ3) is 1.58. The van der Waals surface area contributed by atoms with E-state index in [0.717, 1.165) is 12.8 Å². The maximum absolute atomic E-state index is 11.5. The number of allylic oxidation sites excluding steroid dienone is 1. The Morgan fingerprint density at radius 1 is 1.38 bits per heavy atom. The molecule has 0 radical (unpaired) electrons. The molecule has 86 valence electrons. The fraction of sp³-hybridized carbons (Fsp3) is 0.455. The summed E-state index contributed by atoms with van der Waals surface area (Å²) in [6, 6.07) is 0. The molecule has 0 atom stereocenters. The summed E-state index contributed by atoms with van der Waals surface area (Å²) in [6.45, 7) is 0. The number of fused-ring (bicyclic) bond motifs is 1. The first kappa shape index (κ1) is 10.7. The molecule has 0 spiro atoms. The number of carbonyl (C=O) groups excluding carboxylic acids is 2. The molecule has 1 aliphatic carbocycles. The quantitative estimate of drug-likeness (QED) is 0.681. The van der Waals surface area contributed by atoms with Crippen LogP contribution in [0.2, 0.25) is 0 Å². The van der Waals surface area contributed by atoms with Crippen molar-refractivity contribution in [2.75, 3.05) is 7.11 Å². The molecule has 1 N–H and O–H groups in total. The molecule has 0 aromatic heterocycles. The number of aliphatic hydroxyl groups excluding tert-OH is 1. The molecule has 0 aromatic carbocycles. The molecule has 0 saturated heterocycles. The molecule has 16 heavy (non-hydrogen) atoms. The molecule has 2 aliphatic rings. The van der Waals surface area contributed by atoms with Crippen molar-refractivity contribution in [2.24, 2.45) is 0 Å². The molecule has 0 amide bonds. The summed E-state index contributed by atoms with van der Waals surface area (Å²) in [6.07, 6.45) is 2.67. The number of carbonyl (C=O) groups is 2. The number of rotatable bonds is 1. The number of ether oxygens (including phenoxy) is 2. The van der Waals surface area contributed by atoms with Gasteiger partial charge in [0, 0.05) is 5.57 Å². The monoisotopic (exact) mass is 224 g/mol. The van der Waals surface area contributed by atoms with Crippen LogP contribution < -0.4 is 0 Å². The minimum absolute atomic E-state index is 0.201. The lowest BCUT2D eigenvalue weighted by atomic mass is 10.1. The standard InChI is InChI=1S/C11H12O5/c1-15-10(13)7-5-3-2-4-6-8(12)11(14)16-9(6)7/h12H,2-5H2,1H3. The summed E-state index contributed by atoms with van der Waals surface area (Å²) in [5.74, 6) is -1.46. The van der Waals surface area contributed by atoms with E-state index in [2.05, 4.69) is 4.74 Å². The van der Waals surface area contributed by atoms with E-state index in [9.17, 15) is 14.7 Å². The first-order chi connectivity index (χ1) is 7.65. The smallest absolute Gasteiger partial charge is 0.379 e. The van der Waals surface area contributed by atoms with Gasteiger partial charge in [0.15, 0.2) is 0 Å². The third-order valence-electron chi connectivity index (χ3n) is 2.76. The SMILES string of the molecule is COC(=O)C1=C2OC(=O)C(O)=C2CCCC1. The van der Waals surface area contributed by atoms with E-state index in [1.807, 2.05) is 0 Å². The van der Waals surface area contributed by atoms with Crippen LogP contribution in [0.25, 0.3) is 0 Å². The number of esters is 2. The highest BCUT2D eigenvalue weighted by molar-refractivity contribution is 5.96. The maximum Gasteiger partial charge on any atom is 0.379 e. The van der Waals surface area contributed by atoms with Gasteiger partial charge in [0.25, 0.3) is 0 Å². The van der Waals surface area contributed by atoms with Crippen molar-refractivity contribution in [3.63, 3.8) is 0 Å². The second-order valence-electron chi connectivity index (χ2n) is 3.72. The molecule has 5 nitrogen and oxygen atoms in total. The van der Waals surface area contributed by atoms with Crippen molar-refractivity contribution < 1.29 is 24.2 Å². The molecule has 0 bridgehead atoms. The molecule has 0 unspecified atom stereocenters.